The standard InChI is InChI=1S/C23H23N/c1-2-9-19(10-3-1)21-13-6-8-18(16-21)17-24-23-15-7-12-20-11-4-5-14-22(20)23/h1-6,8-11,13-14,16,23-24H,7,12,15,17H2/t23-/m0/s1. The summed E-state index contributed by atoms with van der Waals surface area (Å²) in [6.07, 6.45) is 3.73. The van der Waals surface area contributed by atoms with E-state index in [4.69, 9.17) is 0 Å². The van der Waals surface area contributed by atoms with E-state index in [1.165, 1.54) is 47.1 Å². The van der Waals surface area contributed by atoms with Crippen molar-refractivity contribution in [2.45, 2.75) is 31.8 Å². The molecule has 24 heavy (non-hydrogen) atoms. The number of nitrogens with one attached hydrogen (secondary N) is 1. The summed E-state index contributed by atoms with van der Waals surface area (Å²) in [5, 5.41) is 3.77. The zero-order valence-electron chi connectivity index (χ0n) is 13.9. The smallest absolute Gasteiger partial charge is 0.0326 e. The van der Waals surface area contributed by atoms with Crippen LogP contribution in [0.3, 0.4) is 0 Å². The van der Waals surface area contributed by atoms with Crippen LogP contribution in [0.5, 0.6) is 0 Å². The second kappa shape index (κ2) is 7.02. The van der Waals surface area contributed by atoms with Gasteiger partial charge in [-0.2, -0.15) is 0 Å². The third-order valence-corrected chi connectivity index (χ3v) is 4.96. The zero-order chi connectivity index (χ0) is 16.2. The number of aryl methyl sites for hydroxylation is 1. The maximum Gasteiger partial charge on any atom is 0.0326 e. The van der Waals surface area contributed by atoms with Crippen LogP contribution in [-0.2, 0) is 13.0 Å². The van der Waals surface area contributed by atoms with Crippen LogP contribution in [0.2, 0.25) is 0 Å². The fourth-order valence-electron chi connectivity index (χ4n) is 3.70. The van der Waals surface area contributed by atoms with Crippen molar-refractivity contribution < 1.29 is 0 Å². The first-order valence-corrected chi connectivity index (χ1v) is 8.86. The maximum absolute atomic E-state index is 3.77. The highest BCUT2D eigenvalue weighted by molar-refractivity contribution is 5.63. The lowest BCUT2D eigenvalue weighted by Crippen LogP contribution is -2.24. The van der Waals surface area contributed by atoms with Gasteiger partial charge >= 0.3 is 0 Å². The summed E-state index contributed by atoms with van der Waals surface area (Å²) in [6.45, 7) is 0.916. The fourth-order valence-corrected chi connectivity index (χ4v) is 3.70. The highest BCUT2D eigenvalue weighted by Gasteiger charge is 2.18. The minimum Gasteiger partial charge on any atom is -0.306 e. The van der Waals surface area contributed by atoms with E-state index in [1.807, 2.05) is 0 Å². The Morgan fingerprint density at radius 3 is 2.50 bits per heavy atom. The summed E-state index contributed by atoms with van der Waals surface area (Å²) in [6, 6.07) is 28.8. The van der Waals surface area contributed by atoms with Crippen molar-refractivity contribution in [1.29, 1.82) is 0 Å². The molecule has 0 aliphatic heterocycles. The lowest BCUT2D eigenvalue weighted by Gasteiger charge is -2.26. The molecule has 1 nitrogen and oxygen atoms in total. The molecule has 0 aromatic heterocycles. The molecule has 0 saturated carbocycles. The van der Waals surface area contributed by atoms with Gasteiger partial charge in [-0.3, -0.25) is 0 Å². The monoisotopic (exact) mass is 313 g/mol. The molecule has 0 fully saturated rings. The second-order valence-corrected chi connectivity index (χ2v) is 6.59. The van der Waals surface area contributed by atoms with Crippen LogP contribution in [0.25, 0.3) is 11.1 Å². The van der Waals surface area contributed by atoms with Gasteiger partial charge in [-0.05, 0) is 53.1 Å². The van der Waals surface area contributed by atoms with Gasteiger partial charge in [0.1, 0.15) is 0 Å². The van der Waals surface area contributed by atoms with Gasteiger partial charge in [0, 0.05) is 12.6 Å². The largest absolute Gasteiger partial charge is 0.306 e. The molecular formula is C23H23N. The molecule has 3 aromatic carbocycles. The van der Waals surface area contributed by atoms with E-state index in [0.29, 0.717) is 6.04 Å². The molecule has 3 aromatic rings. The molecule has 1 N–H and O–H groups in total. The molecule has 0 radical (unpaired) electrons. The van der Waals surface area contributed by atoms with E-state index in [2.05, 4.69) is 84.2 Å². The minimum absolute atomic E-state index is 0.482. The SMILES string of the molecule is c1ccc(-c2cccc(CN[C@H]3CCCc4ccccc43)c2)cc1. The number of fused-ring (bicyclic) bond motifs is 1. The maximum atomic E-state index is 3.77. The van der Waals surface area contributed by atoms with E-state index in [1.54, 1.807) is 0 Å². The van der Waals surface area contributed by atoms with Crippen LogP contribution in [0.4, 0.5) is 0 Å². The summed E-state index contributed by atoms with van der Waals surface area (Å²) >= 11 is 0. The molecule has 0 heterocycles. The van der Waals surface area contributed by atoms with Gasteiger partial charge in [-0.25, -0.2) is 0 Å². The summed E-state index contributed by atoms with van der Waals surface area (Å²) in [7, 11) is 0. The van der Waals surface area contributed by atoms with Crippen molar-refractivity contribution in [3.8, 4) is 11.1 Å². The van der Waals surface area contributed by atoms with Crippen LogP contribution in [0.1, 0.15) is 35.6 Å². The van der Waals surface area contributed by atoms with Crippen molar-refractivity contribution in [2.75, 3.05) is 0 Å². The Morgan fingerprint density at radius 1 is 0.792 bits per heavy atom. The predicted molar refractivity (Wildman–Crippen MR) is 101 cm³/mol. The molecule has 4 rings (SSSR count). The highest BCUT2D eigenvalue weighted by Crippen LogP contribution is 2.30. The topological polar surface area (TPSA) is 12.0 Å². The Kier molecular flexibility index (Phi) is 4.44. The van der Waals surface area contributed by atoms with E-state index < -0.39 is 0 Å². The van der Waals surface area contributed by atoms with E-state index in [9.17, 15) is 0 Å². The Bertz CT molecular complexity index is 807. The van der Waals surface area contributed by atoms with Crippen molar-refractivity contribution >= 4 is 0 Å². The van der Waals surface area contributed by atoms with Gasteiger partial charge in [-0.1, -0.05) is 72.8 Å². The lowest BCUT2D eigenvalue weighted by atomic mass is 9.87. The van der Waals surface area contributed by atoms with Crippen LogP contribution in [-0.4, -0.2) is 0 Å². The number of benzene rings is 3. The van der Waals surface area contributed by atoms with Crippen molar-refractivity contribution in [3.63, 3.8) is 0 Å². The molecular weight excluding hydrogens is 290 g/mol. The summed E-state index contributed by atoms with van der Waals surface area (Å²) < 4.78 is 0. The lowest BCUT2D eigenvalue weighted by molar-refractivity contribution is 0.459. The third-order valence-electron chi connectivity index (χ3n) is 4.96. The van der Waals surface area contributed by atoms with Crippen LogP contribution < -0.4 is 5.32 Å². The molecule has 0 amide bonds. The van der Waals surface area contributed by atoms with E-state index >= 15 is 0 Å². The number of rotatable bonds is 4. The van der Waals surface area contributed by atoms with E-state index in [-0.39, 0.29) is 0 Å². The van der Waals surface area contributed by atoms with Crippen molar-refractivity contribution in [2.24, 2.45) is 0 Å². The first-order valence-electron chi connectivity index (χ1n) is 8.86. The quantitative estimate of drug-likeness (QED) is 0.668. The van der Waals surface area contributed by atoms with Crippen LogP contribution >= 0.6 is 0 Å². The van der Waals surface area contributed by atoms with Crippen molar-refractivity contribution in [1.82, 2.24) is 5.32 Å². The fraction of sp³-hybridized carbons (Fsp3) is 0.217. The Labute approximate surface area is 144 Å². The summed E-state index contributed by atoms with van der Waals surface area (Å²) in [4.78, 5) is 0. The van der Waals surface area contributed by atoms with Gasteiger partial charge in [-0.15, -0.1) is 0 Å². The average Bonchev–Trinajstić information content (AvgIpc) is 2.67. The molecule has 0 bridgehead atoms. The zero-order valence-corrected chi connectivity index (χ0v) is 13.9. The predicted octanol–water partition coefficient (Wildman–Crippen LogP) is 5.52. The third kappa shape index (κ3) is 3.27. The molecule has 0 saturated heterocycles. The van der Waals surface area contributed by atoms with Crippen LogP contribution in [0, 0.1) is 0 Å². The molecule has 1 aliphatic carbocycles. The molecule has 1 aliphatic rings. The molecule has 1 atom stereocenters. The number of hydrogen-bond donors (Lipinski definition) is 1. The first-order chi connectivity index (χ1) is 11.9. The second-order valence-electron chi connectivity index (χ2n) is 6.59. The summed E-state index contributed by atoms with van der Waals surface area (Å²) in [5.74, 6) is 0. The molecule has 0 unspecified atom stereocenters. The minimum atomic E-state index is 0.482. The Hall–Kier alpha value is -2.38. The number of hydrogen-bond acceptors (Lipinski definition) is 1. The molecule has 1 heteroatoms. The Morgan fingerprint density at radius 2 is 1.58 bits per heavy atom. The van der Waals surface area contributed by atoms with Crippen molar-refractivity contribution in [3.05, 3.63) is 95.6 Å². The van der Waals surface area contributed by atoms with Gasteiger partial charge < -0.3 is 5.32 Å². The summed E-state index contributed by atoms with van der Waals surface area (Å²) in [5.41, 5.74) is 6.92. The first kappa shape index (κ1) is 15.2. The van der Waals surface area contributed by atoms with Gasteiger partial charge in [0.2, 0.25) is 0 Å². The normalized spacial score (nSPS) is 16.6. The highest BCUT2D eigenvalue weighted by atomic mass is 14.9. The van der Waals surface area contributed by atoms with Gasteiger partial charge in [0.15, 0.2) is 0 Å². The molecule has 0 spiro atoms. The van der Waals surface area contributed by atoms with Crippen LogP contribution in [0.15, 0.2) is 78.9 Å². The average molecular weight is 313 g/mol. The van der Waals surface area contributed by atoms with Gasteiger partial charge in [0.25, 0.3) is 0 Å². The van der Waals surface area contributed by atoms with E-state index in [0.717, 1.165) is 6.54 Å². The molecule has 120 valence electrons. The van der Waals surface area contributed by atoms with Gasteiger partial charge in [0.05, 0.1) is 0 Å². The Balaban J connectivity index is 1.49.